The van der Waals surface area contributed by atoms with Crippen LogP contribution in [-0.4, -0.2) is 35.1 Å². The lowest BCUT2D eigenvalue weighted by atomic mass is 10.1. The Morgan fingerprint density at radius 3 is 0.881 bits per heavy atom. The van der Waals surface area contributed by atoms with Crippen LogP contribution in [-0.2, 0) is 0 Å². The molecule has 0 fully saturated rings. The van der Waals surface area contributed by atoms with Crippen LogP contribution in [0.5, 0.6) is 34.5 Å². The summed E-state index contributed by atoms with van der Waals surface area (Å²) in [6.07, 6.45) is 5.27. The number of rotatable bonds is 12. The van der Waals surface area contributed by atoms with Crippen molar-refractivity contribution in [3.8, 4) is 34.5 Å². The Bertz CT molecular complexity index is 1350. The summed E-state index contributed by atoms with van der Waals surface area (Å²) in [6.45, 7) is 5.81. The van der Waals surface area contributed by atoms with Gasteiger partial charge in [0.1, 0.15) is 34.5 Å². The number of aliphatic hydroxyl groups excluding tert-OH is 3. The zero-order valence-electron chi connectivity index (χ0n) is 24.1. The smallest absolute Gasteiger partial charge is 0.134 e. The zero-order valence-corrected chi connectivity index (χ0v) is 24.1. The molecule has 0 saturated carbocycles. The number of allylic oxidation sites excluding steroid dienone is 3. The molecule has 4 aromatic rings. The molecule has 216 valence electrons. The van der Waals surface area contributed by atoms with Gasteiger partial charge in [-0.05, 0) is 90.6 Å². The van der Waals surface area contributed by atoms with Gasteiger partial charge in [0.2, 0.25) is 0 Å². The molecular weight excluding hydrogens is 528 g/mol. The monoisotopic (exact) mass is 564 g/mol. The molecule has 0 saturated heterocycles. The Morgan fingerprint density at radius 1 is 0.429 bits per heavy atom. The Labute approximate surface area is 247 Å². The summed E-state index contributed by atoms with van der Waals surface area (Å²) in [5, 5.41) is 27.5. The van der Waals surface area contributed by atoms with Crippen molar-refractivity contribution in [2.45, 2.75) is 20.8 Å². The van der Waals surface area contributed by atoms with Gasteiger partial charge >= 0.3 is 0 Å². The fourth-order valence-electron chi connectivity index (χ4n) is 4.25. The van der Waals surface area contributed by atoms with Crippen molar-refractivity contribution < 1.29 is 29.5 Å². The first-order chi connectivity index (χ1) is 20.4. The minimum absolute atomic E-state index is 0.0109. The van der Waals surface area contributed by atoms with E-state index in [1.54, 1.807) is 36.4 Å². The van der Waals surface area contributed by atoms with Gasteiger partial charge in [-0.15, -0.1) is 0 Å². The second-order valence-electron chi connectivity index (χ2n) is 9.73. The Morgan fingerprint density at radius 2 is 0.667 bits per heavy atom. The summed E-state index contributed by atoms with van der Waals surface area (Å²) < 4.78 is 18.6. The Hall–Kier alpha value is -4.62. The molecule has 0 unspecified atom stereocenters. The molecule has 0 bridgehead atoms. The molecule has 6 nitrogen and oxygen atoms in total. The topological polar surface area (TPSA) is 88.4 Å². The summed E-state index contributed by atoms with van der Waals surface area (Å²) in [7, 11) is 0. The maximum atomic E-state index is 9.18. The largest absolute Gasteiger partial charge is 0.457 e. The van der Waals surface area contributed by atoms with Gasteiger partial charge in [-0.1, -0.05) is 54.6 Å². The van der Waals surface area contributed by atoms with E-state index in [0.29, 0.717) is 34.5 Å². The average molecular weight is 565 g/mol. The van der Waals surface area contributed by atoms with E-state index in [-0.39, 0.29) is 19.8 Å². The highest BCUT2D eigenvalue weighted by Crippen LogP contribution is 2.36. The van der Waals surface area contributed by atoms with Crippen molar-refractivity contribution in [1.29, 1.82) is 0 Å². The van der Waals surface area contributed by atoms with Crippen molar-refractivity contribution in [2.24, 2.45) is 0 Å². The molecule has 6 heteroatoms. The van der Waals surface area contributed by atoms with Gasteiger partial charge in [0.25, 0.3) is 0 Å². The SMILES string of the molecule is C/C(=C\CO)c1ccc(Oc2cc(Oc3ccc(/C(C)=C/CO)cc3)cc(Oc3ccc(/C(C)=C/CO)cc3)c2)cc1. The van der Waals surface area contributed by atoms with Gasteiger partial charge < -0.3 is 29.5 Å². The quantitative estimate of drug-likeness (QED) is 0.161. The van der Waals surface area contributed by atoms with Crippen LogP contribution in [0.3, 0.4) is 0 Å². The molecule has 4 aromatic carbocycles. The van der Waals surface area contributed by atoms with Crippen LogP contribution in [0.1, 0.15) is 37.5 Å². The third-order valence-corrected chi connectivity index (χ3v) is 6.68. The van der Waals surface area contributed by atoms with Crippen LogP contribution < -0.4 is 14.2 Å². The first-order valence-corrected chi connectivity index (χ1v) is 13.7. The summed E-state index contributed by atoms with van der Waals surface area (Å²) in [5.41, 5.74) is 5.94. The molecular formula is C36H36O6. The van der Waals surface area contributed by atoms with Crippen molar-refractivity contribution >= 4 is 16.7 Å². The van der Waals surface area contributed by atoms with Crippen LogP contribution in [0.4, 0.5) is 0 Å². The van der Waals surface area contributed by atoms with E-state index >= 15 is 0 Å². The Kier molecular flexibility index (Phi) is 10.7. The molecule has 0 aromatic heterocycles. The van der Waals surface area contributed by atoms with Crippen LogP contribution in [0.25, 0.3) is 16.7 Å². The zero-order chi connectivity index (χ0) is 29.9. The summed E-state index contributed by atoms with van der Waals surface area (Å²) in [6, 6.07) is 28.3. The van der Waals surface area contributed by atoms with E-state index in [0.717, 1.165) is 33.4 Å². The highest BCUT2D eigenvalue weighted by atomic mass is 16.5. The number of aliphatic hydroxyl groups is 3. The van der Waals surface area contributed by atoms with Gasteiger partial charge in [-0.3, -0.25) is 0 Å². The van der Waals surface area contributed by atoms with Crippen molar-refractivity contribution in [3.63, 3.8) is 0 Å². The minimum atomic E-state index is -0.0109. The van der Waals surface area contributed by atoms with E-state index in [9.17, 15) is 15.3 Å². The molecule has 4 rings (SSSR count). The number of ether oxygens (including phenoxy) is 3. The van der Waals surface area contributed by atoms with Crippen molar-refractivity contribution in [1.82, 2.24) is 0 Å². The van der Waals surface area contributed by atoms with Gasteiger partial charge in [0, 0.05) is 18.2 Å². The van der Waals surface area contributed by atoms with Crippen LogP contribution in [0.15, 0.2) is 109 Å². The van der Waals surface area contributed by atoms with Gasteiger partial charge in [-0.25, -0.2) is 0 Å². The molecule has 0 spiro atoms. The lowest BCUT2D eigenvalue weighted by Gasteiger charge is -2.14. The fourth-order valence-corrected chi connectivity index (χ4v) is 4.25. The minimum Gasteiger partial charge on any atom is -0.457 e. The highest BCUT2D eigenvalue weighted by Gasteiger charge is 2.10. The van der Waals surface area contributed by atoms with Crippen LogP contribution in [0, 0.1) is 0 Å². The third kappa shape index (κ3) is 8.44. The molecule has 42 heavy (non-hydrogen) atoms. The first kappa shape index (κ1) is 30.3. The van der Waals surface area contributed by atoms with E-state index in [4.69, 9.17) is 14.2 Å². The maximum absolute atomic E-state index is 9.18. The summed E-state index contributed by atoms with van der Waals surface area (Å²) in [4.78, 5) is 0. The summed E-state index contributed by atoms with van der Waals surface area (Å²) in [5.74, 6) is 3.54. The predicted molar refractivity (Wildman–Crippen MR) is 168 cm³/mol. The maximum Gasteiger partial charge on any atom is 0.134 e. The first-order valence-electron chi connectivity index (χ1n) is 13.7. The van der Waals surface area contributed by atoms with Gasteiger partial charge in [0.05, 0.1) is 19.8 Å². The van der Waals surface area contributed by atoms with Crippen LogP contribution >= 0.6 is 0 Å². The molecule has 3 N–H and O–H groups in total. The number of hydrogen-bond donors (Lipinski definition) is 3. The van der Waals surface area contributed by atoms with Gasteiger partial charge in [-0.2, -0.15) is 0 Å². The standard InChI is InChI=1S/C36H36O6/c1-25(16-19-37)28-4-10-31(11-5-28)40-34-22-35(41-32-12-6-29(7-13-32)26(2)17-20-38)24-36(23-34)42-33-14-8-30(9-15-33)27(3)18-21-39/h4-18,22-24,37-39H,19-21H2,1-3H3/b25-16+,26-17+,27-18+. The highest BCUT2D eigenvalue weighted by molar-refractivity contribution is 5.66. The Balaban J connectivity index is 1.61. The van der Waals surface area contributed by atoms with Crippen molar-refractivity contribution in [2.75, 3.05) is 19.8 Å². The third-order valence-electron chi connectivity index (χ3n) is 6.68. The van der Waals surface area contributed by atoms with E-state index in [1.807, 2.05) is 93.6 Å². The lowest BCUT2D eigenvalue weighted by Crippen LogP contribution is -1.92. The molecule has 0 aliphatic rings. The average Bonchev–Trinajstić information content (AvgIpc) is 2.98. The molecule has 0 heterocycles. The normalized spacial score (nSPS) is 12.3. The molecule has 0 amide bonds. The van der Waals surface area contributed by atoms with E-state index < -0.39 is 0 Å². The summed E-state index contributed by atoms with van der Waals surface area (Å²) >= 11 is 0. The lowest BCUT2D eigenvalue weighted by molar-refractivity contribution is 0.343. The molecule has 0 aliphatic heterocycles. The second-order valence-corrected chi connectivity index (χ2v) is 9.73. The van der Waals surface area contributed by atoms with E-state index in [2.05, 4.69) is 0 Å². The van der Waals surface area contributed by atoms with E-state index in [1.165, 1.54) is 0 Å². The van der Waals surface area contributed by atoms with Gasteiger partial charge in [0.15, 0.2) is 0 Å². The number of hydrogen-bond acceptors (Lipinski definition) is 6. The predicted octanol–water partition coefficient (Wildman–Crippen LogP) is 8.25. The molecule has 0 radical (unpaired) electrons. The fraction of sp³-hybridized carbons (Fsp3) is 0.167. The second kappa shape index (κ2) is 14.8. The molecule has 0 aliphatic carbocycles. The molecule has 0 atom stereocenters. The van der Waals surface area contributed by atoms with Crippen molar-refractivity contribution in [3.05, 3.63) is 126 Å². The number of benzene rings is 4. The van der Waals surface area contributed by atoms with Crippen LogP contribution in [0.2, 0.25) is 0 Å².